The molecular weight excluding hydrogens is 176 g/mol. The standard InChI is InChI=1S/C12H16O2/c1-12(7-8-13)6-5-9-10(12)3-2-4-11(9)14/h2-4,13-14H,5-8H2,1H3. The van der Waals surface area contributed by atoms with E-state index in [4.69, 9.17) is 5.11 Å². The highest BCUT2D eigenvalue weighted by Crippen LogP contribution is 2.43. The normalized spacial score (nSPS) is 25.0. The molecule has 0 spiro atoms. The number of aromatic hydroxyl groups is 1. The van der Waals surface area contributed by atoms with E-state index >= 15 is 0 Å². The molecule has 14 heavy (non-hydrogen) atoms. The molecule has 76 valence electrons. The smallest absolute Gasteiger partial charge is 0.119 e. The lowest BCUT2D eigenvalue weighted by molar-refractivity contribution is 0.244. The second-order valence-corrected chi connectivity index (χ2v) is 4.34. The number of fused-ring (bicyclic) bond motifs is 1. The summed E-state index contributed by atoms with van der Waals surface area (Å²) in [6.07, 6.45) is 2.74. The SMILES string of the molecule is CC1(CCO)CCc2c(O)cccc21. The van der Waals surface area contributed by atoms with Crippen molar-refractivity contribution < 1.29 is 10.2 Å². The molecule has 0 bridgehead atoms. The maximum atomic E-state index is 9.67. The van der Waals surface area contributed by atoms with Crippen molar-refractivity contribution in [3.8, 4) is 5.75 Å². The second-order valence-electron chi connectivity index (χ2n) is 4.34. The number of hydrogen-bond acceptors (Lipinski definition) is 2. The first-order valence-corrected chi connectivity index (χ1v) is 5.09. The number of hydrogen-bond donors (Lipinski definition) is 2. The van der Waals surface area contributed by atoms with Gasteiger partial charge in [0.1, 0.15) is 5.75 Å². The van der Waals surface area contributed by atoms with Crippen molar-refractivity contribution in [2.75, 3.05) is 6.61 Å². The van der Waals surface area contributed by atoms with Gasteiger partial charge in [0.15, 0.2) is 0 Å². The minimum Gasteiger partial charge on any atom is -0.508 e. The zero-order valence-corrected chi connectivity index (χ0v) is 8.45. The number of rotatable bonds is 2. The van der Waals surface area contributed by atoms with Crippen molar-refractivity contribution in [3.63, 3.8) is 0 Å². The van der Waals surface area contributed by atoms with Gasteiger partial charge in [0, 0.05) is 6.61 Å². The Morgan fingerprint density at radius 2 is 2.21 bits per heavy atom. The Bertz CT molecular complexity index is 346. The minimum atomic E-state index is 0.0584. The van der Waals surface area contributed by atoms with E-state index in [2.05, 4.69) is 13.0 Å². The summed E-state index contributed by atoms with van der Waals surface area (Å²) in [4.78, 5) is 0. The first-order chi connectivity index (χ1) is 6.67. The molecule has 0 aromatic heterocycles. The Morgan fingerprint density at radius 1 is 1.43 bits per heavy atom. The van der Waals surface area contributed by atoms with Crippen LogP contribution in [0.4, 0.5) is 0 Å². The number of benzene rings is 1. The van der Waals surface area contributed by atoms with Gasteiger partial charge in [0.25, 0.3) is 0 Å². The van der Waals surface area contributed by atoms with Crippen molar-refractivity contribution in [1.29, 1.82) is 0 Å². The third kappa shape index (κ3) is 1.30. The summed E-state index contributed by atoms with van der Waals surface area (Å²) in [6, 6.07) is 5.69. The quantitative estimate of drug-likeness (QED) is 0.752. The molecule has 0 heterocycles. The first-order valence-electron chi connectivity index (χ1n) is 5.09. The summed E-state index contributed by atoms with van der Waals surface area (Å²) in [5.41, 5.74) is 2.35. The molecule has 1 aliphatic carbocycles. The van der Waals surface area contributed by atoms with Gasteiger partial charge in [0.05, 0.1) is 0 Å². The van der Waals surface area contributed by atoms with Gasteiger partial charge in [-0.3, -0.25) is 0 Å². The Morgan fingerprint density at radius 3 is 2.93 bits per heavy atom. The Kier molecular flexibility index (Phi) is 2.23. The monoisotopic (exact) mass is 192 g/mol. The molecule has 1 aromatic carbocycles. The minimum absolute atomic E-state index is 0.0584. The van der Waals surface area contributed by atoms with E-state index in [9.17, 15) is 5.11 Å². The fourth-order valence-corrected chi connectivity index (χ4v) is 2.44. The van der Waals surface area contributed by atoms with Crippen LogP contribution in [0.15, 0.2) is 18.2 Å². The van der Waals surface area contributed by atoms with Crippen LogP contribution in [0.5, 0.6) is 5.75 Å². The molecule has 0 saturated carbocycles. The van der Waals surface area contributed by atoms with E-state index in [-0.39, 0.29) is 12.0 Å². The maximum absolute atomic E-state index is 9.67. The Balaban J connectivity index is 2.44. The summed E-state index contributed by atoms with van der Waals surface area (Å²) in [6.45, 7) is 2.38. The van der Waals surface area contributed by atoms with E-state index in [1.807, 2.05) is 6.07 Å². The summed E-state index contributed by atoms with van der Waals surface area (Å²) >= 11 is 0. The highest BCUT2D eigenvalue weighted by Gasteiger charge is 2.34. The molecule has 1 atom stereocenters. The van der Waals surface area contributed by atoms with Crippen LogP contribution in [-0.4, -0.2) is 16.8 Å². The van der Waals surface area contributed by atoms with Crippen LogP contribution in [0.3, 0.4) is 0 Å². The maximum Gasteiger partial charge on any atom is 0.119 e. The third-order valence-corrected chi connectivity index (χ3v) is 3.39. The van der Waals surface area contributed by atoms with Gasteiger partial charge in [-0.15, -0.1) is 0 Å². The Labute approximate surface area is 84.2 Å². The lowest BCUT2D eigenvalue weighted by Crippen LogP contribution is -2.19. The zero-order chi connectivity index (χ0) is 10.2. The molecule has 2 rings (SSSR count). The topological polar surface area (TPSA) is 40.5 Å². The highest BCUT2D eigenvalue weighted by molar-refractivity contribution is 5.46. The van der Waals surface area contributed by atoms with Crippen molar-refractivity contribution in [2.24, 2.45) is 0 Å². The van der Waals surface area contributed by atoms with Crippen LogP contribution in [0, 0.1) is 0 Å². The van der Waals surface area contributed by atoms with E-state index in [0.29, 0.717) is 5.75 Å². The van der Waals surface area contributed by atoms with Gasteiger partial charge in [-0.1, -0.05) is 19.1 Å². The van der Waals surface area contributed by atoms with E-state index in [1.54, 1.807) is 6.07 Å². The molecule has 0 amide bonds. The largest absolute Gasteiger partial charge is 0.508 e. The van der Waals surface area contributed by atoms with Crippen LogP contribution < -0.4 is 0 Å². The number of phenols is 1. The predicted molar refractivity (Wildman–Crippen MR) is 55.5 cm³/mol. The average molecular weight is 192 g/mol. The van der Waals surface area contributed by atoms with Crippen LogP contribution >= 0.6 is 0 Å². The van der Waals surface area contributed by atoms with Crippen molar-refractivity contribution in [3.05, 3.63) is 29.3 Å². The lowest BCUT2D eigenvalue weighted by atomic mass is 9.81. The molecular formula is C12H16O2. The van der Waals surface area contributed by atoms with Crippen molar-refractivity contribution in [1.82, 2.24) is 0 Å². The van der Waals surface area contributed by atoms with E-state index in [0.717, 1.165) is 24.8 Å². The van der Waals surface area contributed by atoms with Gasteiger partial charge in [-0.2, -0.15) is 0 Å². The summed E-state index contributed by atoms with van der Waals surface area (Å²) in [5.74, 6) is 0.407. The van der Waals surface area contributed by atoms with Gasteiger partial charge >= 0.3 is 0 Å². The fourth-order valence-electron chi connectivity index (χ4n) is 2.44. The summed E-state index contributed by atoms with van der Waals surface area (Å²) in [5, 5.41) is 18.7. The molecule has 0 saturated heterocycles. The van der Waals surface area contributed by atoms with Gasteiger partial charge in [0.2, 0.25) is 0 Å². The highest BCUT2D eigenvalue weighted by atomic mass is 16.3. The fraction of sp³-hybridized carbons (Fsp3) is 0.500. The van der Waals surface area contributed by atoms with E-state index < -0.39 is 0 Å². The van der Waals surface area contributed by atoms with Crippen molar-refractivity contribution >= 4 is 0 Å². The molecule has 2 N–H and O–H groups in total. The second kappa shape index (κ2) is 3.28. The van der Waals surface area contributed by atoms with Crippen LogP contribution in [0.25, 0.3) is 0 Å². The summed E-state index contributed by atoms with van der Waals surface area (Å²) < 4.78 is 0. The van der Waals surface area contributed by atoms with E-state index in [1.165, 1.54) is 5.56 Å². The Hall–Kier alpha value is -1.02. The molecule has 0 fully saturated rings. The van der Waals surface area contributed by atoms with Crippen molar-refractivity contribution in [2.45, 2.75) is 31.6 Å². The van der Waals surface area contributed by atoms with Gasteiger partial charge in [-0.25, -0.2) is 0 Å². The van der Waals surface area contributed by atoms with Crippen LogP contribution in [0.2, 0.25) is 0 Å². The molecule has 0 aliphatic heterocycles. The van der Waals surface area contributed by atoms with Gasteiger partial charge in [-0.05, 0) is 41.9 Å². The number of aliphatic hydroxyl groups excluding tert-OH is 1. The molecule has 2 heteroatoms. The number of aliphatic hydroxyl groups is 1. The molecule has 1 unspecified atom stereocenters. The summed E-state index contributed by atoms with van der Waals surface area (Å²) in [7, 11) is 0. The molecule has 0 radical (unpaired) electrons. The predicted octanol–water partition coefficient (Wildman–Crippen LogP) is 1.98. The van der Waals surface area contributed by atoms with Crippen LogP contribution in [-0.2, 0) is 11.8 Å². The molecule has 1 aromatic rings. The lowest BCUT2D eigenvalue weighted by Gasteiger charge is -2.24. The number of phenolic OH excluding ortho intramolecular Hbond substituents is 1. The zero-order valence-electron chi connectivity index (χ0n) is 8.45. The van der Waals surface area contributed by atoms with Crippen LogP contribution in [0.1, 0.15) is 30.9 Å². The molecule has 2 nitrogen and oxygen atoms in total. The molecule has 1 aliphatic rings. The third-order valence-electron chi connectivity index (χ3n) is 3.39. The first kappa shape index (κ1) is 9.53. The average Bonchev–Trinajstić information content (AvgIpc) is 2.47. The van der Waals surface area contributed by atoms with Gasteiger partial charge < -0.3 is 10.2 Å².